The molecular weight excluding hydrogens is 248 g/mol. The number of carbonyl (C=O) groups is 1. The zero-order valence-electron chi connectivity index (χ0n) is 10.0. The molecule has 0 aliphatic carbocycles. The highest BCUT2D eigenvalue weighted by atomic mass is 32.1. The van der Waals surface area contributed by atoms with Crippen molar-refractivity contribution in [1.82, 2.24) is 9.78 Å². The Bertz CT molecular complexity index is 555. The predicted molar refractivity (Wildman–Crippen MR) is 72.3 cm³/mol. The summed E-state index contributed by atoms with van der Waals surface area (Å²) in [4.78, 5) is 12.0. The molecule has 2 aromatic heterocycles. The van der Waals surface area contributed by atoms with Gasteiger partial charge in [0.1, 0.15) is 0 Å². The molecule has 2 rings (SSSR count). The third-order valence-electron chi connectivity index (χ3n) is 2.43. The lowest BCUT2D eigenvalue weighted by Gasteiger charge is -1.97. The molecule has 0 saturated heterocycles. The van der Waals surface area contributed by atoms with Gasteiger partial charge < -0.3 is 5.11 Å². The van der Waals surface area contributed by atoms with E-state index in [-0.39, 0.29) is 0 Å². The summed E-state index contributed by atoms with van der Waals surface area (Å²) in [6.45, 7) is 2.92. The highest BCUT2D eigenvalue weighted by molar-refractivity contribution is 7.11. The fraction of sp³-hybridized carbons (Fsp3) is 0.231. The lowest BCUT2D eigenvalue weighted by Crippen LogP contribution is -1.97. The van der Waals surface area contributed by atoms with Gasteiger partial charge in [0.25, 0.3) is 0 Å². The quantitative estimate of drug-likeness (QED) is 0.843. The summed E-state index contributed by atoms with van der Waals surface area (Å²) in [6.07, 6.45) is 6.21. The summed E-state index contributed by atoms with van der Waals surface area (Å²) in [5, 5.41) is 15.3. The number of hydrogen-bond donors (Lipinski definition) is 1. The van der Waals surface area contributed by atoms with Gasteiger partial charge in [-0.15, -0.1) is 11.3 Å². The maximum atomic E-state index is 11.2. The van der Waals surface area contributed by atoms with Gasteiger partial charge in [-0.1, -0.05) is 13.0 Å². The normalized spacial score (nSPS) is 11.7. The minimum Gasteiger partial charge on any atom is -0.478 e. The fourth-order valence-electron chi connectivity index (χ4n) is 1.64. The molecule has 18 heavy (non-hydrogen) atoms. The third kappa shape index (κ3) is 2.87. The first kappa shape index (κ1) is 12.6. The molecule has 1 N–H and O–H groups in total. The average Bonchev–Trinajstić information content (AvgIpc) is 2.96. The van der Waals surface area contributed by atoms with Crippen molar-refractivity contribution in [3.63, 3.8) is 0 Å². The largest absolute Gasteiger partial charge is 0.478 e. The van der Waals surface area contributed by atoms with Crippen LogP contribution in [0, 0.1) is 0 Å². The van der Waals surface area contributed by atoms with Gasteiger partial charge in [-0.05, 0) is 23.9 Å². The van der Waals surface area contributed by atoms with Crippen LogP contribution in [0.2, 0.25) is 0 Å². The van der Waals surface area contributed by atoms with Gasteiger partial charge in [0, 0.05) is 23.2 Å². The van der Waals surface area contributed by atoms with E-state index in [0.29, 0.717) is 5.57 Å². The van der Waals surface area contributed by atoms with Gasteiger partial charge in [-0.3, -0.25) is 4.68 Å². The molecule has 2 heterocycles. The fourth-order valence-corrected chi connectivity index (χ4v) is 2.38. The van der Waals surface area contributed by atoms with Crippen LogP contribution in [0.4, 0.5) is 0 Å². The van der Waals surface area contributed by atoms with Gasteiger partial charge >= 0.3 is 5.97 Å². The predicted octanol–water partition coefficient (Wildman–Crippen LogP) is 2.98. The topological polar surface area (TPSA) is 55.1 Å². The first-order valence-corrected chi connectivity index (χ1v) is 6.60. The molecule has 5 heteroatoms. The van der Waals surface area contributed by atoms with Gasteiger partial charge in [-0.25, -0.2) is 4.79 Å². The molecule has 0 fully saturated rings. The van der Waals surface area contributed by atoms with Crippen molar-refractivity contribution in [2.75, 3.05) is 0 Å². The maximum absolute atomic E-state index is 11.2. The molecule has 0 bridgehead atoms. The van der Waals surface area contributed by atoms with Crippen LogP contribution < -0.4 is 0 Å². The molecule has 0 aromatic carbocycles. The molecule has 0 unspecified atom stereocenters. The van der Waals surface area contributed by atoms with Crippen molar-refractivity contribution in [2.24, 2.45) is 0 Å². The van der Waals surface area contributed by atoms with E-state index in [1.807, 2.05) is 22.3 Å². The molecule has 0 saturated carbocycles. The Labute approximate surface area is 109 Å². The highest BCUT2D eigenvalue weighted by Gasteiger charge is 2.11. The SMILES string of the molecule is CCCn1cc(/C=C(/C(=O)O)c2cccs2)cn1. The first-order valence-electron chi connectivity index (χ1n) is 5.72. The zero-order valence-corrected chi connectivity index (χ0v) is 10.9. The van der Waals surface area contributed by atoms with Crippen molar-refractivity contribution in [1.29, 1.82) is 0 Å². The molecule has 4 nitrogen and oxygen atoms in total. The lowest BCUT2D eigenvalue weighted by molar-refractivity contribution is -0.130. The molecule has 0 atom stereocenters. The summed E-state index contributed by atoms with van der Waals surface area (Å²) in [6, 6.07) is 3.65. The molecule has 94 valence electrons. The molecule has 0 amide bonds. The number of carboxylic acid groups (broad SMARTS) is 1. The number of thiophene rings is 1. The zero-order chi connectivity index (χ0) is 13.0. The van der Waals surface area contributed by atoms with E-state index in [1.165, 1.54) is 11.3 Å². The second-order valence-corrected chi connectivity index (χ2v) is 4.82. The van der Waals surface area contributed by atoms with Gasteiger partial charge in [0.2, 0.25) is 0 Å². The summed E-state index contributed by atoms with van der Waals surface area (Å²) in [5.74, 6) is -0.916. The van der Waals surface area contributed by atoms with E-state index in [4.69, 9.17) is 0 Å². The molecule has 0 aliphatic heterocycles. The smallest absolute Gasteiger partial charge is 0.337 e. The van der Waals surface area contributed by atoms with Crippen LogP contribution in [0.15, 0.2) is 29.9 Å². The monoisotopic (exact) mass is 262 g/mol. The number of rotatable bonds is 5. The van der Waals surface area contributed by atoms with E-state index in [2.05, 4.69) is 12.0 Å². The van der Waals surface area contributed by atoms with Gasteiger partial charge in [-0.2, -0.15) is 5.10 Å². The van der Waals surface area contributed by atoms with Crippen LogP contribution in [-0.4, -0.2) is 20.9 Å². The number of aliphatic carboxylic acids is 1. The molecule has 0 aliphatic rings. The van der Waals surface area contributed by atoms with Crippen LogP contribution in [0.5, 0.6) is 0 Å². The maximum Gasteiger partial charge on any atom is 0.337 e. The van der Waals surface area contributed by atoms with Crippen molar-refractivity contribution >= 4 is 29.0 Å². The Morgan fingerprint density at radius 1 is 1.61 bits per heavy atom. The van der Waals surface area contributed by atoms with Gasteiger partial charge in [0.15, 0.2) is 0 Å². The standard InChI is InChI=1S/C13H14N2O2S/c1-2-5-15-9-10(8-14-15)7-11(13(16)17)12-4-3-6-18-12/h3-4,6-9H,2,5H2,1H3,(H,16,17)/b11-7+. The van der Waals surface area contributed by atoms with E-state index in [0.717, 1.165) is 23.4 Å². The molecule has 0 radical (unpaired) electrons. The summed E-state index contributed by atoms with van der Waals surface area (Å²) in [5.41, 5.74) is 1.12. The Morgan fingerprint density at radius 3 is 3.06 bits per heavy atom. The number of aryl methyl sites for hydroxylation is 1. The van der Waals surface area contributed by atoms with Gasteiger partial charge in [0.05, 0.1) is 11.8 Å². The third-order valence-corrected chi connectivity index (χ3v) is 3.34. The second kappa shape index (κ2) is 5.64. The van der Waals surface area contributed by atoms with Crippen molar-refractivity contribution in [2.45, 2.75) is 19.9 Å². The minimum absolute atomic E-state index is 0.307. The lowest BCUT2D eigenvalue weighted by atomic mass is 10.1. The summed E-state index contributed by atoms with van der Waals surface area (Å²) < 4.78 is 1.82. The van der Waals surface area contributed by atoms with Crippen LogP contribution in [-0.2, 0) is 11.3 Å². The Morgan fingerprint density at radius 2 is 2.44 bits per heavy atom. The van der Waals surface area contributed by atoms with Crippen molar-refractivity contribution in [3.05, 3.63) is 40.3 Å². The van der Waals surface area contributed by atoms with E-state index in [1.54, 1.807) is 18.3 Å². The summed E-state index contributed by atoms with van der Waals surface area (Å²) in [7, 11) is 0. The Balaban J connectivity index is 2.30. The average molecular weight is 262 g/mol. The molecule has 0 spiro atoms. The van der Waals surface area contributed by atoms with Crippen molar-refractivity contribution in [3.8, 4) is 0 Å². The number of hydrogen-bond acceptors (Lipinski definition) is 3. The minimum atomic E-state index is -0.916. The number of aromatic nitrogens is 2. The first-order chi connectivity index (χ1) is 8.70. The van der Waals surface area contributed by atoms with Crippen LogP contribution in [0.1, 0.15) is 23.8 Å². The van der Waals surface area contributed by atoms with Crippen LogP contribution in [0.25, 0.3) is 11.6 Å². The van der Waals surface area contributed by atoms with E-state index < -0.39 is 5.97 Å². The molecule has 2 aromatic rings. The van der Waals surface area contributed by atoms with E-state index in [9.17, 15) is 9.90 Å². The van der Waals surface area contributed by atoms with E-state index >= 15 is 0 Å². The van der Waals surface area contributed by atoms with Crippen LogP contribution in [0.3, 0.4) is 0 Å². The Hall–Kier alpha value is -1.88. The summed E-state index contributed by atoms with van der Waals surface area (Å²) >= 11 is 1.42. The van der Waals surface area contributed by atoms with Crippen molar-refractivity contribution < 1.29 is 9.90 Å². The molecular formula is C13H14N2O2S. The highest BCUT2D eigenvalue weighted by Crippen LogP contribution is 2.22. The second-order valence-electron chi connectivity index (χ2n) is 3.88. The Kier molecular flexibility index (Phi) is 3.94. The number of nitrogens with zero attached hydrogens (tertiary/aromatic N) is 2. The van der Waals surface area contributed by atoms with Crippen LogP contribution >= 0.6 is 11.3 Å². The number of carboxylic acids is 1.